The van der Waals surface area contributed by atoms with Gasteiger partial charge in [-0.15, -0.1) is 0 Å². The monoisotopic (exact) mass is 1660 g/mol. The highest BCUT2D eigenvalue weighted by atomic mass is 16.8. The van der Waals surface area contributed by atoms with Crippen molar-refractivity contribution in [2.24, 2.45) is 0 Å². The molecule has 2 amide bonds. The van der Waals surface area contributed by atoms with Crippen LogP contribution >= 0.6 is 0 Å². The summed E-state index contributed by atoms with van der Waals surface area (Å²) >= 11 is 0. The van der Waals surface area contributed by atoms with Crippen molar-refractivity contribution < 1.29 is 163 Å². The van der Waals surface area contributed by atoms with Crippen LogP contribution in [0.1, 0.15) is 226 Å². The maximum Gasteiger partial charge on any atom is 0.220 e. The largest absolute Gasteiger partial charge is 0.394 e. The Morgan fingerprint density at radius 2 is 0.643 bits per heavy atom. The molecule has 6 saturated heterocycles. The summed E-state index contributed by atoms with van der Waals surface area (Å²) < 4.78 is 69.8. The third kappa shape index (κ3) is 31.8. The first kappa shape index (κ1) is 101. The molecule has 0 aromatic carbocycles. The highest BCUT2D eigenvalue weighted by molar-refractivity contribution is 5.76. The topological polar surface area (TPSA) is 553 Å². The lowest BCUT2D eigenvalue weighted by Crippen LogP contribution is -2.69. The number of allylic oxidation sites excluding steroid dienone is 3. The normalized spacial score (nSPS) is 36.7. The number of nitrogens with one attached hydrogen (secondary N) is 2. The fourth-order valence-electron chi connectivity index (χ4n) is 15.4. The zero-order valence-electron chi connectivity index (χ0n) is 67.6. The smallest absolute Gasteiger partial charge is 0.220 e. The number of rotatable bonds is 56. The van der Waals surface area contributed by atoms with E-state index in [9.17, 15) is 107 Å². The van der Waals surface area contributed by atoms with E-state index in [1.54, 1.807) is 6.08 Å². The quantitative estimate of drug-likeness (QED) is 0.0271. The van der Waals surface area contributed by atoms with Gasteiger partial charge in [-0.3, -0.25) is 9.59 Å². The molecule has 12 unspecified atom stereocenters. The van der Waals surface area contributed by atoms with Crippen LogP contribution in [0.2, 0.25) is 0 Å². The summed E-state index contributed by atoms with van der Waals surface area (Å²) in [6.45, 7) is -0.884. The molecule has 0 bridgehead atoms. The molecule has 6 heterocycles. The molecule has 32 atom stereocenters. The van der Waals surface area contributed by atoms with Crippen molar-refractivity contribution in [3.8, 4) is 0 Å². The number of carbonyl (C=O) groups excluding carboxylic acids is 2. The standard InChI is InChI=1S/C80H144N2O33/c1-4-6-8-10-12-14-16-18-19-20-21-22-23-24-25-27-29-31-33-35-37-39-56(91)82-48(49(90)38-36-34-32-30-28-26-17-15-13-11-9-7-5-2)46-104-76-65(99)63(97)70(54(44-87)109-76)111-77-66(100)64(98)71(55(45-88)110-77)112-78-68(102)73(60(94)52(42-85)106-78)114-80-69(103)74(61(95)53(43-86)108-80)115-79-67(101)72(59(93)51(41-84)107-79)113-75-57(81-47(3)89)62(96)58(92)50(40-83)105-75/h18-19,36,38,48-55,57-80,83-88,90,92-103H,4-17,20-35,37,39-46H2,1-3H3,(H,81,89)(H,82,91)/b19-18-,38-36+/t48-,49+,50?,51?,52?,53?,54?,55?,57?,58-,59-,60-,61-,62+,63+,64+,65?,66?,67?,68?,69?,70+,71-,72-,73-,74-,75-,76+,77-,78-,79+,80+/m0/s1. The Bertz CT molecular complexity index is 2630. The second-order valence-corrected chi connectivity index (χ2v) is 31.7. The molecule has 6 aliphatic heterocycles. The van der Waals surface area contributed by atoms with Gasteiger partial charge in [0.25, 0.3) is 0 Å². The minimum absolute atomic E-state index is 0.180. The van der Waals surface area contributed by atoms with Crippen molar-refractivity contribution in [2.45, 2.75) is 423 Å². The zero-order chi connectivity index (χ0) is 83.9. The predicted octanol–water partition coefficient (Wildman–Crippen LogP) is -0.451. The Kier molecular flexibility index (Phi) is 48.6. The predicted molar refractivity (Wildman–Crippen MR) is 410 cm³/mol. The first-order valence-electron chi connectivity index (χ1n) is 42.6. The number of amides is 2. The molecule has 35 nitrogen and oxygen atoms in total. The number of hydrogen-bond donors (Lipinski definition) is 21. The number of aliphatic hydroxyl groups is 19. The van der Waals surface area contributed by atoms with Gasteiger partial charge in [0.2, 0.25) is 11.8 Å². The van der Waals surface area contributed by atoms with Gasteiger partial charge in [-0.1, -0.05) is 192 Å². The van der Waals surface area contributed by atoms with Crippen molar-refractivity contribution in [1.82, 2.24) is 10.6 Å². The van der Waals surface area contributed by atoms with E-state index in [-0.39, 0.29) is 12.3 Å². The molecule has 0 radical (unpaired) electrons. The fraction of sp³-hybridized carbons (Fsp3) is 0.925. The molecule has 0 aromatic heterocycles. The highest BCUT2D eigenvalue weighted by Crippen LogP contribution is 2.38. The number of hydrogen-bond acceptors (Lipinski definition) is 33. The van der Waals surface area contributed by atoms with Gasteiger partial charge in [0, 0.05) is 13.3 Å². The Balaban J connectivity index is 1.03. The van der Waals surface area contributed by atoms with Crippen LogP contribution in [0, 0.1) is 0 Å². The van der Waals surface area contributed by atoms with E-state index in [0.29, 0.717) is 12.8 Å². The van der Waals surface area contributed by atoms with Gasteiger partial charge in [0.1, 0.15) is 146 Å². The SMILES string of the molecule is CCCCCCCC/C=C\CCCCCCCCCCCCCC(=O)N[C@@H](CO[C@@H]1OC(CO)[C@@H](O[C@@H]2OC(CO)[C@H](O[C@@H]3OC(CO)[C@H](O)[C@H](O[C@H]4OC(CO)[C@H](O)[C@H](O[C@H]5OC(CO)[C@H](O)[C@H](O[C@@H]6OC(CO)[C@H](O)[C@H](O)C6NC(C)=O)C5O)C4O)C3O)[C@H](O)C2O)[C@H](O)C1O)[C@H](O)/C=C/CCCCCCCCCCCCC. The summed E-state index contributed by atoms with van der Waals surface area (Å²) in [4.78, 5) is 25.7. The molecule has 6 rings (SSSR count). The molecule has 6 fully saturated rings. The molecule has 0 saturated carbocycles. The molecule has 0 aliphatic carbocycles. The maximum atomic E-state index is 13.5. The summed E-state index contributed by atoms with van der Waals surface area (Å²) in [5.41, 5.74) is 0. The van der Waals surface area contributed by atoms with Crippen molar-refractivity contribution >= 4 is 11.8 Å². The van der Waals surface area contributed by atoms with E-state index in [1.165, 1.54) is 128 Å². The van der Waals surface area contributed by atoms with Crippen LogP contribution in [0.4, 0.5) is 0 Å². The van der Waals surface area contributed by atoms with Crippen LogP contribution in [-0.2, 0) is 66.4 Å². The van der Waals surface area contributed by atoms with E-state index in [4.69, 9.17) is 56.8 Å². The van der Waals surface area contributed by atoms with Crippen molar-refractivity contribution in [2.75, 3.05) is 46.2 Å². The van der Waals surface area contributed by atoms with Crippen LogP contribution in [0.25, 0.3) is 0 Å². The lowest BCUT2D eigenvalue weighted by molar-refractivity contribution is -0.397. The molecule has 0 aromatic rings. The third-order valence-electron chi connectivity index (χ3n) is 22.5. The first-order chi connectivity index (χ1) is 55.4. The molecule has 35 heteroatoms. The fourth-order valence-corrected chi connectivity index (χ4v) is 15.4. The molecule has 6 aliphatic rings. The second kappa shape index (κ2) is 55.3. The van der Waals surface area contributed by atoms with E-state index in [1.807, 2.05) is 6.08 Å². The molecule has 0 spiro atoms. The summed E-state index contributed by atoms with van der Waals surface area (Å²) in [6, 6.07) is -2.66. The summed E-state index contributed by atoms with van der Waals surface area (Å²) in [7, 11) is 0. The Hall–Kier alpha value is -2.82. The van der Waals surface area contributed by atoms with Gasteiger partial charge in [0.15, 0.2) is 37.7 Å². The first-order valence-corrected chi connectivity index (χ1v) is 42.6. The number of ether oxygens (including phenoxy) is 12. The van der Waals surface area contributed by atoms with Crippen LogP contribution < -0.4 is 10.6 Å². The molecular weight excluding hydrogens is 1520 g/mol. The second-order valence-electron chi connectivity index (χ2n) is 31.7. The van der Waals surface area contributed by atoms with E-state index in [0.717, 1.165) is 64.7 Å². The van der Waals surface area contributed by atoms with Gasteiger partial charge in [-0.05, 0) is 44.9 Å². The Labute approximate surface area is 676 Å². The maximum absolute atomic E-state index is 13.5. The van der Waals surface area contributed by atoms with Crippen LogP contribution in [0.15, 0.2) is 24.3 Å². The van der Waals surface area contributed by atoms with E-state index in [2.05, 4.69) is 36.6 Å². The van der Waals surface area contributed by atoms with Crippen molar-refractivity contribution in [3.63, 3.8) is 0 Å². The van der Waals surface area contributed by atoms with Crippen LogP contribution in [-0.4, -0.2) is 351 Å². The molecule has 672 valence electrons. The van der Waals surface area contributed by atoms with Crippen molar-refractivity contribution in [1.29, 1.82) is 0 Å². The van der Waals surface area contributed by atoms with Gasteiger partial charge < -0.3 is 164 Å². The zero-order valence-corrected chi connectivity index (χ0v) is 67.6. The summed E-state index contributed by atoms with van der Waals surface area (Å²) in [5, 5.41) is 216. The van der Waals surface area contributed by atoms with Gasteiger partial charge in [-0.2, -0.15) is 0 Å². The van der Waals surface area contributed by atoms with Crippen molar-refractivity contribution in [3.05, 3.63) is 24.3 Å². The Morgan fingerprint density at radius 3 is 1.03 bits per heavy atom. The lowest BCUT2D eigenvalue weighted by Gasteiger charge is -2.50. The van der Waals surface area contributed by atoms with Gasteiger partial charge >= 0.3 is 0 Å². The van der Waals surface area contributed by atoms with E-state index < -0.39 is 248 Å². The average molecular weight is 1660 g/mol. The number of carbonyl (C=O) groups is 2. The Morgan fingerprint density at radius 1 is 0.339 bits per heavy atom. The minimum Gasteiger partial charge on any atom is -0.394 e. The number of unbranched alkanes of at least 4 members (excludes halogenated alkanes) is 28. The minimum atomic E-state index is -2.28. The summed E-state index contributed by atoms with van der Waals surface area (Å²) in [6.07, 6.45) is -13.8. The average Bonchev–Trinajstić information content (AvgIpc) is 0.767. The highest BCUT2D eigenvalue weighted by Gasteiger charge is 2.58. The van der Waals surface area contributed by atoms with Gasteiger partial charge in [0.05, 0.1) is 58.4 Å². The molecule has 21 N–H and O–H groups in total. The third-order valence-corrected chi connectivity index (χ3v) is 22.5. The lowest BCUT2D eigenvalue weighted by atomic mass is 9.94. The number of aliphatic hydroxyl groups excluding tert-OH is 19. The van der Waals surface area contributed by atoms with Crippen LogP contribution in [0.5, 0.6) is 0 Å². The van der Waals surface area contributed by atoms with Gasteiger partial charge in [-0.25, -0.2) is 0 Å². The van der Waals surface area contributed by atoms with Crippen LogP contribution in [0.3, 0.4) is 0 Å². The van der Waals surface area contributed by atoms with E-state index >= 15 is 0 Å². The summed E-state index contributed by atoms with van der Waals surface area (Å²) in [5.74, 6) is -1.09. The molecular formula is C80H144N2O33. The molecule has 115 heavy (non-hydrogen) atoms.